The predicted octanol–water partition coefficient (Wildman–Crippen LogP) is 4.00. The third kappa shape index (κ3) is 4.98. The molecule has 0 aliphatic carbocycles. The van der Waals surface area contributed by atoms with Gasteiger partial charge in [0.25, 0.3) is 0 Å². The Labute approximate surface area is 109 Å². The van der Waals surface area contributed by atoms with E-state index in [1.165, 1.54) is 0 Å². The Kier molecular flexibility index (Phi) is 6.52. The molecule has 1 heteroatoms. The molecule has 1 rings (SSSR count). The maximum atomic E-state index is 10.1. The highest BCUT2D eigenvalue weighted by Gasteiger charge is 2.10. The highest BCUT2D eigenvalue weighted by atomic mass is 16.3. The number of hydrogen-bond acceptors (Lipinski definition) is 1. The molecule has 18 heavy (non-hydrogen) atoms. The second-order valence-corrected chi connectivity index (χ2v) is 4.06. The number of aliphatic hydroxyl groups is 1. The van der Waals surface area contributed by atoms with E-state index in [1.807, 2.05) is 54.6 Å². The topological polar surface area (TPSA) is 20.2 Å². The van der Waals surface area contributed by atoms with Crippen LogP contribution in [0, 0.1) is 5.92 Å². The molecule has 0 aromatic heterocycles. The van der Waals surface area contributed by atoms with E-state index in [0.717, 1.165) is 12.0 Å². The van der Waals surface area contributed by atoms with Gasteiger partial charge in [-0.3, -0.25) is 0 Å². The molecule has 0 fully saturated rings. The van der Waals surface area contributed by atoms with Crippen LogP contribution in [0.5, 0.6) is 0 Å². The van der Waals surface area contributed by atoms with E-state index >= 15 is 0 Å². The van der Waals surface area contributed by atoms with Gasteiger partial charge in [-0.05, 0) is 12.0 Å². The summed E-state index contributed by atoms with van der Waals surface area (Å²) in [6.45, 7) is 7.38. The first-order chi connectivity index (χ1) is 8.77. The summed E-state index contributed by atoms with van der Waals surface area (Å²) in [5.41, 5.74) is 1.08. The van der Waals surface area contributed by atoms with Gasteiger partial charge >= 0.3 is 0 Å². The van der Waals surface area contributed by atoms with Crippen molar-refractivity contribution in [1.82, 2.24) is 0 Å². The molecule has 2 atom stereocenters. The largest absolute Gasteiger partial charge is 0.388 e. The van der Waals surface area contributed by atoms with Crippen LogP contribution < -0.4 is 0 Å². The first-order valence-corrected chi connectivity index (χ1v) is 6.09. The molecule has 0 bridgehead atoms. The maximum absolute atomic E-state index is 10.1. The molecule has 0 radical (unpaired) electrons. The minimum Gasteiger partial charge on any atom is -0.388 e. The van der Waals surface area contributed by atoms with Crippen molar-refractivity contribution in [3.05, 3.63) is 79.4 Å². The quantitative estimate of drug-likeness (QED) is 0.564. The van der Waals surface area contributed by atoms with Crippen LogP contribution in [-0.2, 0) is 0 Å². The van der Waals surface area contributed by atoms with Gasteiger partial charge in [0, 0.05) is 5.92 Å². The Bertz CT molecular complexity index is 414. The fourth-order valence-corrected chi connectivity index (χ4v) is 1.62. The summed E-state index contributed by atoms with van der Waals surface area (Å²) >= 11 is 0. The van der Waals surface area contributed by atoms with E-state index in [1.54, 1.807) is 12.2 Å². The van der Waals surface area contributed by atoms with Crippen LogP contribution in [0.4, 0.5) is 0 Å². The van der Waals surface area contributed by atoms with Crippen molar-refractivity contribution in [3.63, 3.8) is 0 Å². The zero-order valence-electron chi connectivity index (χ0n) is 10.6. The van der Waals surface area contributed by atoms with Gasteiger partial charge in [-0.2, -0.15) is 0 Å². The molecule has 0 heterocycles. The predicted molar refractivity (Wildman–Crippen MR) is 79.1 cm³/mol. The Hall–Kier alpha value is -1.86. The van der Waals surface area contributed by atoms with Gasteiger partial charge in [0.15, 0.2) is 0 Å². The highest BCUT2D eigenvalue weighted by Crippen LogP contribution is 2.14. The van der Waals surface area contributed by atoms with Gasteiger partial charge in [-0.15, -0.1) is 6.58 Å². The van der Waals surface area contributed by atoms with Crippen LogP contribution in [-0.4, -0.2) is 11.2 Å². The third-order valence-corrected chi connectivity index (χ3v) is 2.71. The standard InChI is InChI=1S/C17H20O/c1-3-5-7-12-16(4-2)17(18)14-13-15-10-8-6-9-11-15/h3-11,13-14,16-18H,1-2,12H2/b7-5+,14-13+. The molecular weight excluding hydrogens is 220 g/mol. The first-order valence-electron chi connectivity index (χ1n) is 6.09. The summed E-state index contributed by atoms with van der Waals surface area (Å²) in [4.78, 5) is 0. The van der Waals surface area contributed by atoms with Crippen molar-refractivity contribution < 1.29 is 5.11 Å². The van der Waals surface area contributed by atoms with E-state index in [4.69, 9.17) is 0 Å². The normalized spacial score (nSPS) is 14.7. The number of benzene rings is 1. The maximum Gasteiger partial charge on any atom is 0.0789 e. The third-order valence-electron chi connectivity index (χ3n) is 2.71. The lowest BCUT2D eigenvalue weighted by atomic mass is 9.97. The molecule has 0 aliphatic heterocycles. The highest BCUT2D eigenvalue weighted by molar-refractivity contribution is 5.49. The van der Waals surface area contributed by atoms with Gasteiger partial charge < -0.3 is 5.11 Å². The van der Waals surface area contributed by atoms with Crippen LogP contribution in [0.3, 0.4) is 0 Å². The molecule has 1 nitrogen and oxygen atoms in total. The first kappa shape index (κ1) is 14.2. The lowest BCUT2D eigenvalue weighted by molar-refractivity contribution is 0.179. The lowest BCUT2D eigenvalue weighted by Gasteiger charge is -2.14. The van der Waals surface area contributed by atoms with Crippen molar-refractivity contribution in [2.45, 2.75) is 12.5 Å². The number of allylic oxidation sites excluding steroid dienone is 3. The van der Waals surface area contributed by atoms with E-state index in [-0.39, 0.29) is 5.92 Å². The SMILES string of the molecule is C=C/C=C/CC(C=C)C(O)/C=C/c1ccccc1. The summed E-state index contributed by atoms with van der Waals surface area (Å²) in [6.07, 6.45) is 11.4. The van der Waals surface area contributed by atoms with E-state index in [9.17, 15) is 5.11 Å². The minimum atomic E-state index is -0.517. The van der Waals surface area contributed by atoms with Crippen molar-refractivity contribution in [3.8, 4) is 0 Å². The van der Waals surface area contributed by atoms with Crippen molar-refractivity contribution >= 4 is 6.08 Å². The minimum absolute atomic E-state index is 0.0289. The summed E-state index contributed by atoms with van der Waals surface area (Å²) in [6, 6.07) is 9.93. The molecule has 1 aromatic carbocycles. The zero-order chi connectivity index (χ0) is 13.2. The number of rotatable bonds is 7. The van der Waals surface area contributed by atoms with Crippen LogP contribution in [0.25, 0.3) is 6.08 Å². The number of hydrogen-bond donors (Lipinski definition) is 1. The molecule has 0 saturated heterocycles. The molecule has 0 aliphatic rings. The Morgan fingerprint density at radius 1 is 1.17 bits per heavy atom. The summed E-state index contributed by atoms with van der Waals surface area (Å²) in [5.74, 6) is 0.0289. The Balaban J connectivity index is 2.59. The fourth-order valence-electron chi connectivity index (χ4n) is 1.62. The van der Waals surface area contributed by atoms with Gasteiger partial charge in [0.1, 0.15) is 0 Å². The molecular formula is C17H20O. The summed E-state index contributed by atoms with van der Waals surface area (Å²) < 4.78 is 0. The fraction of sp³-hybridized carbons (Fsp3) is 0.176. The van der Waals surface area contributed by atoms with Crippen molar-refractivity contribution in [2.24, 2.45) is 5.92 Å². The average molecular weight is 240 g/mol. The van der Waals surface area contributed by atoms with E-state index < -0.39 is 6.10 Å². The Morgan fingerprint density at radius 2 is 1.89 bits per heavy atom. The monoisotopic (exact) mass is 240 g/mol. The van der Waals surface area contributed by atoms with Crippen molar-refractivity contribution in [1.29, 1.82) is 0 Å². The molecule has 2 unspecified atom stereocenters. The smallest absolute Gasteiger partial charge is 0.0789 e. The molecule has 94 valence electrons. The van der Waals surface area contributed by atoms with Crippen LogP contribution in [0.1, 0.15) is 12.0 Å². The number of aliphatic hydroxyl groups excluding tert-OH is 1. The van der Waals surface area contributed by atoms with E-state index in [0.29, 0.717) is 0 Å². The van der Waals surface area contributed by atoms with Gasteiger partial charge in [0.05, 0.1) is 6.10 Å². The van der Waals surface area contributed by atoms with Gasteiger partial charge in [-0.25, -0.2) is 0 Å². The molecule has 1 N–H and O–H groups in total. The second kappa shape index (κ2) is 8.26. The van der Waals surface area contributed by atoms with Gasteiger partial charge in [-0.1, -0.05) is 73.4 Å². The van der Waals surface area contributed by atoms with Crippen LogP contribution in [0.2, 0.25) is 0 Å². The molecule has 1 aromatic rings. The Morgan fingerprint density at radius 3 is 2.50 bits per heavy atom. The zero-order valence-corrected chi connectivity index (χ0v) is 10.6. The summed E-state index contributed by atoms with van der Waals surface area (Å²) in [7, 11) is 0. The van der Waals surface area contributed by atoms with Crippen LogP contribution >= 0.6 is 0 Å². The summed E-state index contributed by atoms with van der Waals surface area (Å²) in [5, 5.41) is 10.1. The molecule has 0 spiro atoms. The second-order valence-electron chi connectivity index (χ2n) is 4.06. The van der Waals surface area contributed by atoms with E-state index in [2.05, 4.69) is 13.2 Å². The van der Waals surface area contributed by atoms with Crippen molar-refractivity contribution in [2.75, 3.05) is 0 Å². The lowest BCUT2D eigenvalue weighted by Crippen LogP contribution is -2.14. The molecule has 0 saturated carbocycles. The van der Waals surface area contributed by atoms with Gasteiger partial charge in [0.2, 0.25) is 0 Å². The average Bonchev–Trinajstić information content (AvgIpc) is 2.42. The van der Waals surface area contributed by atoms with Crippen LogP contribution in [0.15, 0.2) is 73.9 Å². The molecule has 0 amide bonds.